The van der Waals surface area contributed by atoms with Crippen molar-refractivity contribution in [2.45, 2.75) is 51.7 Å². The van der Waals surface area contributed by atoms with Crippen molar-refractivity contribution in [3.8, 4) is 0 Å². The molecule has 1 aliphatic rings. The summed E-state index contributed by atoms with van der Waals surface area (Å²) < 4.78 is 1.91. The average molecular weight is 305 g/mol. The van der Waals surface area contributed by atoms with Crippen LogP contribution < -0.4 is 0 Å². The van der Waals surface area contributed by atoms with Crippen molar-refractivity contribution in [3.63, 3.8) is 0 Å². The van der Waals surface area contributed by atoms with Crippen LogP contribution in [0, 0.1) is 6.92 Å². The van der Waals surface area contributed by atoms with Crippen molar-refractivity contribution in [2.75, 3.05) is 0 Å². The Bertz CT molecular complexity index is 665. The minimum absolute atomic E-state index is 0.525. The molecule has 112 valence electrons. The molecule has 1 unspecified atom stereocenters. The Balaban J connectivity index is 2.02. The second-order valence-corrected chi connectivity index (χ2v) is 6.26. The van der Waals surface area contributed by atoms with E-state index in [0.717, 1.165) is 42.8 Å². The van der Waals surface area contributed by atoms with E-state index in [0.29, 0.717) is 11.4 Å². The third-order valence-corrected chi connectivity index (χ3v) is 4.96. The van der Waals surface area contributed by atoms with Crippen molar-refractivity contribution in [1.29, 1.82) is 0 Å². The van der Waals surface area contributed by atoms with E-state index < -0.39 is 5.60 Å². The van der Waals surface area contributed by atoms with E-state index >= 15 is 0 Å². The summed E-state index contributed by atoms with van der Waals surface area (Å²) in [6.07, 6.45) is 3.34. The second kappa shape index (κ2) is 5.47. The van der Waals surface area contributed by atoms with Crippen molar-refractivity contribution >= 4 is 11.6 Å². The maximum Gasteiger partial charge on any atom is 0.0954 e. The first-order valence-corrected chi connectivity index (χ1v) is 7.95. The first-order valence-electron chi connectivity index (χ1n) is 7.57. The number of aromatic nitrogens is 2. The summed E-state index contributed by atoms with van der Waals surface area (Å²) in [6.45, 7) is 4.72. The van der Waals surface area contributed by atoms with Crippen molar-refractivity contribution in [1.82, 2.24) is 9.78 Å². The molecule has 0 amide bonds. The van der Waals surface area contributed by atoms with Gasteiger partial charge in [-0.05, 0) is 44.2 Å². The summed E-state index contributed by atoms with van der Waals surface area (Å²) in [7, 11) is 0. The van der Waals surface area contributed by atoms with Crippen LogP contribution in [0.5, 0.6) is 0 Å². The summed E-state index contributed by atoms with van der Waals surface area (Å²) in [6, 6.07) is 8.20. The Labute approximate surface area is 130 Å². The highest BCUT2D eigenvalue weighted by Crippen LogP contribution is 2.39. The van der Waals surface area contributed by atoms with Gasteiger partial charge in [-0.25, -0.2) is 0 Å². The minimum atomic E-state index is -0.835. The SMILES string of the molecule is CCn1nc(C)c(Cl)c1CC1(O)CCCc2ccccc21. The summed E-state index contributed by atoms with van der Waals surface area (Å²) in [4.78, 5) is 0. The Morgan fingerprint density at radius 3 is 2.90 bits per heavy atom. The van der Waals surface area contributed by atoms with Gasteiger partial charge in [-0.3, -0.25) is 4.68 Å². The highest BCUT2D eigenvalue weighted by Gasteiger charge is 2.36. The van der Waals surface area contributed by atoms with Gasteiger partial charge in [0.15, 0.2) is 0 Å². The molecule has 0 aliphatic heterocycles. The molecule has 1 heterocycles. The smallest absolute Gasteiger partial charge is 0.0954 e. The van der Waals surface area contributed by atoms with Crippen molar-refractivity contribution in [3.05, 3.63) is 51.8 Å². The Hall–Kier alpha value is -1.32. The molecular weight excluding hydrogens is 284 g/mol. The van der Waals surface area contributed by atoms with Gasteiger partial charge in [-0.15, -0.1) is 0 Å². The second-order valence-electron chi connectivity index (χ2n) is 5.88. The lowest BCUT2D eigenvalue weighted by Crippen LogP contribution is -2.34. The first kappa shape index (κ1) is 14.6. The maximum absolute atomic E-state index is 11.2. The fourth-order valence-corrected chi connectivity index (χ4v) is 3.60. The van der Waals surface area contributed by atoms with Gasteiger partial charge in [0.1, 0.15) is 0 Å². The predicted molar refractivity (Wildman–Crippen MR) is 84.6 cm³/mol. The zero-order valence-electron chi connectivity index (χ0n) is 12.6. The first-order chi connectivity index (χ1) is 10.0. The van der Waals surface area contributed by atoms with E-state index in [1.165, 1.54) is 5.56 Å². The molecule has 0 saturated carbocycles. The van der Waals surface area contributed by atoms with Gasteiger partial charge in [0.25, 0.3) is 0 Å². The van der Waals surface area contributed by atoms with Gasteiger partial charge in [0, 0.05) is 13.0 Å². The molecule has 1 N–H and O–H groups in total. The zero-order chi connectivity index (χ0) is 15.0. The standard InChI is InChI=1S/C17H21ClN2O/c1-3-20-15(16(18)12(2)19-20)11-17(21)10-6-8-13-7-4-5-9-14(13)17/h4-5,7,9,21H,3,6,8,10-11H2,1-2H3. The molecule has 0 radical (unpaired) electrons. The quantitative estimate of drug-likeness (QED) is 0.940. The number of hydrogen-bond acceptors (Lipinski definition) is 2. The minimum Gasteiger partial charge on any atom is -0.385 e. The fraction of sp³-hybridized carbons (Fsp3) is 0.471. The molecule has 4 heteroatoms. The van der Waals surface area contributed by atoms with Crippen molar-refractivity contribution < 1.29 is 5.11 Å². The van der Waals surface area contributed by atoms with Crippen LogP contribution in [0.3, 0.4) is 0 Å². The van der Waals surface area contributed by atoms with Crippen LogP contribution in [0.4, 0.5) is 0 Å². The molecule has 3 rings (SSSR count). The van der Waals surface area contributed by atoms with E-state index in [-0.39, 0.29) is 0 Å². The predicted octanol–water partition coefficient (Wildman–Crippen LogP) is 3.63. The zero-order valence-corrected chi connectivity index (χ0v) is 13.3. The highest BCUT2D eigenvalue weighted by molar-refractivity contribution is 6.31. The summed E-state index contributed by atoms with van der Waals surface area (Å²) in [5.74, 6) is 0. The number of hydrogen-bond donors (Lipinski definition) is 1. The largest absolute Gasteiger partial charge is 0.385 e. The van der Waals surface area contributed by atoms with E-state index in [4.69, 9.17) is 11.6 Å². The van der Waals surface area contributed by atoms with Gasteiger partial charge < -0.3 is 5.11 Å². The molecule has 3 nitrogen and oxygen atoms in total. The molecule has 21 heavy (non-hydrogen) atoms. The summed E-state index contributed by atoms with van der Waals surface area (Å²) in [5, 5.41) is 16.4. The van der Waals surface area contributed by atoms with Crippen LogP contribution in [0.1, 0.15) is 42.3 Å². The molecule has 0 bridgehead atoms. The molecule has 1 aromatic carbocycles. The number of benzene rings is 1. The molecule has 0 fully saturated rings. The number of fused-ring (bicyclic) bond motifs is 1. The van der Waals surface area contributed by atoms with Crippen molar-refractivity contribution in [2.24, 2.45) is 0 Å². The lowest BCUT2D eigenvalue weighted by atomic mass is 9.76. The van der Waals surface area contributed by atoms with Gasteiger partial charge in [0.2, 0.25) is 0 Å². The average Bonchev–Trinajstić information content (AvgIpc) is 2.75. The number of rotatable bonds is 3. The monoisotopic (exact) mass is 304 g/mol. The van der Waals surface area contributed by atoms with Crippen LogP contribution in [0.15, 0.2) is 24.3 Å². The molecule has 0 saturated heterocycles. The lowest BCUT2D eigenvalue weighted by molar-refractivity contribution is 0.0171. The fourth-order valence-electron chi connectivity index (χ4n) is 3.40. The van der Waals surface area contributed by atoms with Gasteiger partial charge >= 0.3 is 0 Å². The third-order valence-electron chi connectivity index (χ3n) is 4.47. The normalized spacial score (nSPS) is 21.3. The van der Waals surface area contributed by atoms with Gasteiger partial charge in [-0.1, -0.05) is 35.9 Å². The lowest BCUT2D eigenvalue weighted by Gasteiger charge is -2.34. The van der Waals surface area contributed by atoms with Gasteiger partial charge in [-0.2, -0.15) is 5.10 Å². The summed E-state index contributed by atoms with van der Waals surface area (Å²) >= 11 is 6.41. The molecule has 1 atom stereocenters. The molecular formula is C17H21ClN2O. The van der Waals surface area contributed by atoms with Crippen LogP contribution in [0.2, 0.25) is 5.02 Å². The topological polar surface area (TPSA) is 38.0 Å². The molecule has 0 spiro atoms. The highest BCUT2D eigenvalue weighted by atomic mass is 35.5. The third kappa shape index (κ3) is 2.49. The van der Waals surface area contributed by atoms with Crippen LogP contribution in [0.25, 0.3) is 0 Å². The molecule has 2 aromatic rings. The van der Waals surface area contributed by atoms with E-state index in [1.54, 1.807) is 0 Å². The number of halogens is 1. The number of aliphatic hydroxyl groups is 1. The number of aryl methyl sites for hydroxylation is 3. The van der Waals surface area contributed by atoms with Crippen LogP contribution in [-0.2, 0) is 25.0 Å². The Morgan fingerprint density at radius 1 is 1.38 bits per heavy atom. The van der Waals surface area contributed by atoms with E-state index in [1.807, 2.05) is 36.7 Å². The van der Waals surface area contributed by atoms with E-state index in [9.17, 15) is 5.11 Å². The van der Waals surface area contributed by atoms with Crippen LogP contribution in [-0.4, -0.2) is 14.9 Å². The Kier molecular flexibility index (Phi) is 3.80. The van der Waals surface area contributed by atoms with Crippen LogP contribution >= 0.6 is 11.6 Å². The maximum atomic E-state index is 11.2. The molecule has 1 aliphatic carbocycles. The van der Waals surface area contributed by atoms with Gasteiger partial charge in [0.05, 0.1) is 22.0 Å². The van der Waals surface area contributed by atoms with E-state index in [2.05, 4.69) is 11.2 Å². The molecule has 1 aromatic heterocycles. The summed E-state index contributed by atoms with van der Waals surface area (Å²) in [5.41, 5.74) is 3.24. The number of nitrogens with zero attached hydrogens (tertiary/aromatic N) is 2. The Morgan fingerprint density at radius 2 is 2.14 bits per heavy atom.